The number of aryl methyl sites for hydroxylation is 1. The van der Waals surface area contributed by atoms with E-state index in [1.807, 2.05) is 0 Å². The molecule has 1 saturated carbocycles. The topological polar surface area (TPSA) is 75.2 Å². The van der Waals surface area contributed by atoms with E-state index in [-0.39, 0.29) is 25.5 Å². The Hall–Kier alpha value is -2.42. The number of halogens is 3. The van der Waals surface area contributed by atoms with E-state index in [4.69, 9.17) is 0 Å². The van der Waals surface area contributed by atoms with Gasteiger partial charge in [-0.2, -0.15) is 0 Å². The van der Waals surface area contributed by atoms with Crippen LogP contribution in [-0.2, 0) is 4.79 Å². The summed E-state index contributed by atoms with van der Waals surface area (Å²) in [6.07, 6.45) is 2.80. The fourth-order valence-corrected chi connectivity index (χ4v) is 2.79. The lowest BCUT2D eigenvalue weighted by molar-refractivity contribution is -0.117. The van der Waals surface area contributed by atoms with Gasteiger partial charge in [0.05, 0.1) is 0 Å². The summed E-state index contributed by atoms with van der Waals surface area (Å²) in [4.78, 5) is 34.1. The molecular weight excluding hydrogens is 422 g/mol. The number of hydrogen-bond donors (Lipinski definition) is 1. The Kier molecular flexibility index (Phi) is 5.50. The third-order valence-corrected chi connectivity index (χ3v) is 4.67. The minimum atomic E-state index is -2.78. The third kappa shape index (κ3) is 5.06. The van der Waals surface area contributed by atoms with E-state index >= 15 is 0 Å². The van der Waals surface area contributed by atoms with E-state index in [1.165, 1.54) is 12.4 Å². The maximum Gasteiger partial charge on any atom is 0.254 e. The van der Waals surface area contributed by atoms with Crippen LogP contribution < -0.4 is 5.32 Å². The van der Waals surface area contributed by atoms with Gasteiger partial charge in [0.25, 0.3) is 11.8 Å². The number of anilines is 1. The zero-order valence-corrected chi connectivity index (χ0v) is 16.0. The van der Waals surface area contributed by atoms with Gasteiger partial charge in [0, 0.05) is 41.3 Å². The van der Waals surface area contributed by atoms with Gasteiger partial charge in [-0.05, 0) is 36.8 Å². The highest BCUT2D eigenvalue weighted by atomic mass is 79.9. The number of nitrogens with one attached hydrogen (secondary N) is 1. The van der Waals surface area contributed by atoms with Crippen LogP contribution in [0, 0.1) is 12.8 Å². The van der Waals surface area contributed by atoms with Gasteiger partial charge in [-0.1, -0.05) is 15.9 Å². The van der Waals surface area contributed by atoms with Gasteiger partial charge in [0.15, 0.2) is 0 Å². The number of carbonyl (C=O) groups is 2. The van der Waals surface area contributed by atoms with Crippen LogP contribution >= 0.6 is 15.9 Å². The standard InChI is InChI=1S/C18H17BrF2N4O2/c1-11-7-22-17(23-8-11)24-15(26)10-25(9-13-6-18(13,20)21)16(27)12-2-4-14(19)5-3-12/h2-5,7-8,13H,6,9-10H2,1H3,(H,22,23,24,26). The van der Waals surface area contributed by atoms with Gasteiger partial charge in [0.2, 0.25) is 11.9 Å². The van der Waals surface area contributed by atoms with Crippen molar-refractivity contribution >= 4 is 33.7 Å². The minimum Gasteiger partial charge on any atom is -0.329 e. The molecule has 1 unspecified atom stereocenters. The fourth-order valence-electron chi connectivity index (χ4n) is 2.52. The predicted octanol–water partition coefficient (Wildman–Crippen LogP) is 3.28. The molecule has 1 aliphatic carbocycles. The first kappa shape index (κ1) is 19.3. The summed E-state index contributed by atoms with van der Waals surface area (Å²) in [5, 5.41) is 2.48. The molecule has 1 heterocycles. The van der Waals surface area contributed by atoms with Crippen LogP contribution in [0.15, 0.2) is 41.1 Å². The molecule has 9 heteroatoms. The van der Waals surface area contributed by atoms with Crippen molar-refractivity contribution in [1.29, 1.82) is 0 Å². The summed E-state index contributed by atoms with van der Waals surface area (Å²) < 4.78 is 27.5. The van der Waals surface area contributed by atoms with Crippen LogP contribution in [0.2, 0.25) is 0 Å². The average molecular weight is 439 g/mol. The Labute approximate surface area is 163 Å². The lowest BCUT2D eigenvalue weighted by Gasteiger charge is -2.22. The summed E-state index contributed by atoms with van der Waals surface area (Å²) in [6, 6.07) is 6.51. The Balaban J connectivity index is 1.71. The molecule has 1 fully saturated rings. The molecule has 0 spiro atoms. The van der Waals surface area contributed by atoms with Crippen LogP contribution in [0.5, 0.6) is 0 Å². The monoisotopic (exact) mass is 438 g/mol. The van der Waals surface area contributed by atoms with Crippen molar-refractivity contribution in [3.8, 4) is 0 Å². The van der Waals surface area contributed by atoms with E-state index < -0.39 is 23.7 Å². The van der Waals surface area contributed by atoms with Crippen LogP contribution in [0.3, 0.4) is 0 Å². The molecule has 27 heavy (non-hydrogen) atoms. The van der Waals surface area contributed by atoms with Gasteiger partial charge < -0.3 is 4.90 Å². The first-order valence-corrected chi connectivity index (χ1v) is 9.05. The molecule has 6 nitrogen and oxygen atoms in total. The van der Waals surface area contributed by atoms with Gasteiger partial charge in [-0.15, -0.1) is 0 Å². The molecule has 0 aliphatic heterocycles. The van der Waals surface area contributed by atoms with Gasteiger partial charge in [-0.3, -0.25) is 14.9 Å². The molecule has 2 amide bonds. The van der Waals surface area contributed by atoms with Crippen molar-refractivity contribution in [2.75, 3.05) is 18.4 Å². The first-order chi connectivity index (χ1) is 12.7. The second kappa shape index (κ2) is 7.67. The molecule has 1 aromatic carbocycles. The molecule has 0 bridgehead atoms. The summed E-state index contributed by atoms with van der Waals surface area (Å²) in [5.74, 6) is -4.65. The summed E-state index contributed by atoms with van der Waals surface area (Å²) in [5.41, 5.74) is 1.15. The van der Waals surface area contributed by atoms with Crippen molar-refractivity contribution in [2.24, 2.45) is 5.92 Å². The zero-order chi connectivity index (χ0) is 19.6. The highest BCUT2D eigenvalue weighted by Gasteiger charge is 2.57. The largest absolute Gasteiger partial charge is 0.329 e. The lowest BCUT2D eigenvalue weighted by Crippen LogP contribution is -2.40. The number of hydrogen-bond acceptors (Lipinski definition) is 4. The van der Waals surface area contributed by atoms with Crippen molar-refractivity contribution in [2.45, 2.75) is 19.3 Å². The van der Waals surface area contributed by atoms with E-state index in [2.05, 4.69) is 31.2 Å². The second-order valence-corrected chi connectivity index (χ2v) is 7.40. The summed E-state index contributed by atoms with van der Waals surface area (Å²) >= 11 is 3.28. The van der Waals surface area contributed by atoms with E-state index in [0.29, 0.717) is 5.56 Å². The molecular formula is C18H17BrF2N4O2. The molecule has 0 saturated heterocycles. The Morgan fingerprint density at radius 2 is 1.85 bits per heavy atom. The fraction of sp³-hybridized carbons (Fsp3) is 0.333. The number of benzene rings is 1. The SMILES string of the molecule is Cc1cnc(NC(=O)CN(CC2CC2(F)F)C(=O)c2ccc(Br)cc2)nc1. The lowest BCUT2D eigenvalue weighted by atomic mass is 10.2. The van der Waals surface area contributed by atoms with E-state index in [0.717, 1.165) is 14.9 Å². The molecule has 2 aromatic rings. The highest BCUT2D eigenvalue weighted by molar-refractivity contribution is 9.10. The molecule has 1 atom stereocenters. The van der Waals surface area contributed by atoms with Gasteiger partial charge >= 0.3 is 0 Å². The molecule has 0 radical (unpaired) electrons. The number of amides is 2. The average Bonchev–Trinajstić information content (AvgIpc) is 3.22. The van der Waals surface area contributed by atoms with Crippen LogP contribution in [0.25, 0.3) is 0 Å². The second-order valence-electron chi connectivity index (χ2n) is 6.49. The van der Waals surface area contributed by atoms with E-state index in [9.17, 15) is 18.4 Å². The first-order valence-electron chi connectivity index (χ1n) is 8.26. The van der Waals surface area contributed by atoms with Crippen LogP contribution in [-0.4, -0.2) is 45.7 Å². The van der Waals surface area contributed by atoms with Crippen molar-refractivity contribution in [3.63, 3.8) is 0 Å². The number of rotatable bonds is 6. The Morgan fingerprint density at radius 1 is 1.26 bits per heavy atom. The molecule has 3 rings (SSSR count). The molecule has 1 aromatic heterocycles. The van der Waals surface area contributed by atoms with Crippen molar-refractivity contribution < 1.29 is 18.4 Å². The normalized spacial score (nSPS) is 17.3. The summed E-state index contributed by atoms with van der Waals surface area (Å²) in [6.45, 7) is 1.25. The smallest absolute Gasteiger partial charge is 0.254 e. The van der Waals surface area contributed by atoms with Crippen LogP contribution in [0.1, 0.15) is 22.3 Å². The number of aromatic nitrogens is 2. The Morgan fingerprint density at radius 3 is 2.41 bits per heavy atom. The zero-order valence-electron chi connectivity index (χ0n) is 14.5. The minimum absolute atomic E-state index is 0.0957. The maximum absolute atomic E-state index is 13.3. The van der Waals surface area contributed by atoms with Gasteiger partial charge in [-0.25, -0.2) is 18.7 Å². The highest BCUT2D eigenvalue weighted by Crippen LogP contribution is 2.48. The van der Waals surface area contributed by atoms with Crippen molar-refractivity contribution in [1.82, 2.24) is 14.9 Å². The third-order valence-electron chi connectivity index (χ3n) is 4.14. The molecule has 1 N–H and O–H groups in total. The number of alkyl halides is 2. The Bertz CT molecular complexity index is 843. The summed E-state index contributed by atoms with van der Waals surface area (Å²) in [7, 11) is 0. The predicted molar refractivity (Wildman–Crippen MR) is 98.5 cm³/mol. The van der Waals surface area contributed by atoms with Crippen LogP contribution in [0.4, 0.5) is 14.7 Å². The number of carbonyl (C=O) groups excluding carboxylic acids is 2. The van der Waals surface area contributed by atoms with Crippen molar-refractivity contribution in [3.05, 3.63) is 52.3 Å². The molecule has 1 aliphatic rings. The quantitative estimate of drug-likeness (QED) is 0.750. The van der Waals surface area contributed by atoms with Gasteiger partial charge in [0.1, 0.15) is 6.54 Å². The molecule has 142 valence electrons. The maximum atomic E-state index is 13.3. The number of nitrogens with zero attached hydrogens (tertiary/aromatic N) is 3. The van der Waals surface area contributed by atoms with E-state index in [1.54, 1.807) is 31.2 Å².